The van der Waals surface area contributed by atoms with Gasteiger partial charge in [0.15, 0.2) is 0 Å². The molecule has 17 heavy (non-hydrogen) atoms. The molecular formula is C14H16ClNS. The van der Waals surface area contributed by atoms with Crippen LogP contribution in [-0.4, -0.2) is 18.0 Å². The molecule has 0 aromatic carbocycles. The monoisotopic (exact) mass is 265 g/mol. The van der Waals surface area contributed by atoms with Crippen molar-refractivity contribution in [1.82, 2.24) is 4.90 Å². The van der Waals surface area contributed by atoms with Crippen LogP contribution in [0.15, 0.2) is 47.4 Å². The Hall–Kier alpha value is -0.830. The van der Waals surface area contributed by atoms with Crippen LogP contribution in [0.1, 0.15) is 10.4 Å². The molecule has 0 saturated heterocycles. The number of hydrogen-bond acceptors (Lipinski definition) is 2. The second-order valence-electron chi connectivity index (χ2n) is 4.11. The normalized spacial score (nSPS) is 17.2. The summed E-state index contributed by atoms with van der Waals surface area (Å²) < 4.78 is 0. The Labute approximate surface area is 112 Å². The molecule has 0 saturated carbocycles. The van der Waals surface area contributed by atoms with Gasteiger partial charge in [0.2, 0.25) is 0 Å². The lowest BCUT2D eigenvalue weighted by Gasteiger charge is -2.27. The van der Waals surface area contributed by atoms with Crippen LogP contribution in [-0.2, 0) is 13.0 Å². The Kier molecular flexibility index (Phi) is 4.21. The molecule has 1 aliphatic heterocycles. The molecule has 2 rings (SSSR count). The van der Waals surface area contributed by atoms with Crippen LogP contribution in [0.25, 0.3) is 0 Å². The second kappa shape index (κ2) is 5.67. The van der Waals surface area contributed by atoms with Crippen LogP contribution in [0.3, 0.4) is 0 Å². The van der Waals surface area contributed by atoms with E-state index in [2.05, 4.69) is 29.5 Å². The highest BCUT2D eigenvalue weighted by atomic mass is 35.5. The first-order valence-corrected chi connectivity index (χ1v) is 6.91. The molecule has 1 aromatic rings. The van der Waals surface area contributed by atoms with Gasteiger partial charge in [0, 0.05) is 29.5 Å². The first-order valence-electron chi connectivity index (χ1n) is 5.65. The number of fused-ring (bicyclic) bond motifs is 1. The van der Waals surface area contributed by atoms with E-state index in [9.17, 15) is 0 Å². The van der Waals surface area contributed by atoms with Gasteiger partial charge in [-0.05, 0) is 29.0 Å². The van der Waals surface area contributed by atoms with Crippen LogP contribution in [0, 0.1) is 0 Å². The maximum Gasteiger partial charge on any atom is 0.0444 e. The van der Waals surface area contributed by atoms with E-state index in [1.165, 1.54) is 10.4 Å². The zero-order valence-corrected chi connectivity index (χ0v) is 11.4. The van der Waals surface area contributed by atoms with E-state index in [0.717, 1.165) is 31.6 Å². The molecule has 0 unspecified atom stereocenters. The molecule has 1 aromatic heterocycles. The van der Waals surface area contributed by atoms with Crippen molar-refractivity contribution in [3.8, 4) is 0 Å². The van der Waals surface area contributed by atoms with Gasteiger partial charge in [-0.15, -0.1) is 11.3 Å². The molecule has 1 nitrogen and oxygen atoms in total. The van der Waals surface area contributed by atoms with Crippen molar-refractivity contribution in [3.63, 3.8) is 0 Å². The lowest BCUT2D eigenvalue weighted by Crippen LogP contribution is -2.31. The summed E-state index contributed by atoms with van der Waals surface area (Å²) in [5.74, 6) is 0. The largest absolute Gasteiger partial charge is 0.294 e. The minimum atomic E-state index is 0.705. The van der Waals surface area contributed by atoms with E-state index in [-0.39, 0.29) is 0 Å². The standard InChI is InChI=1S/C14H16ClNS/c1-3-11(13(15)4-2)9-16-7-5-14-12(10-16)6-8-17-14/h3-4,6,8H,1-2,5,7,9-10H2/b13-11-. The summed E-state index contributed by atoms with van der Waals surface area (Å²) >= 11 is 7.96. The molecule has 1 aliphatic rings. The zero-order valence-electron chi connectivity index (χ0n) is 9.79. The summed E-state index contributed by atoms with van der Waals surface area (Å²) in [4.78, 5) is 3.93. The van der Waals surface area contributed by atoms with E-state index >= 15 is 0 Å². The van der Waals surface area contributed by atoms with Crippen molar-refractivity contribution in [2.24, 2.45) is 0 Å². The summed E-state index contributed by atoms with van der Waals surface area (Å²) in [6.45, 7) is 10.5. The number of halogens is 1. The van der Waals surface area contributed by atoms with Crippen LogP contribution in [0.4, 0.5) is 0 Å². The van der Waals surface area contributed by atoms with Gasteiger partial charge in [-0.25, -0.2) is 0 Å². The number of thiophene rings is 1. The summed E-state index contributed by atoms with van der Waals surface area (Å²) in [6.07, 6.45) is 4.65. The fourth-order valence-electron chi connectivity index (χ4n) is 2.05. The predicted molar refractivity (Wildman–Crippen MR) is 76.6 cm³/mol. The average Bonchev–Trinajstić information content (AvgIpc) is 2.82. The van der Waals surface area contributed by atoms with Gasteiger partial charge >= 0.3 is 0 Å². The molecule has 90 valence electrons. The summed E-state index contributed by atoms with van der Waals surface area (Å²) in [6, 6.07) is 2.22. The maximum absolute atomic E-state index is 6.10. The molecule has 0 atom stereocenters. The molecule has 0 bridgehead atoms. The van der Waals surface area contributed by atoms with Crippen LogP contribution >= 0.6 is 22.9 Å². The molecular weight excluding hydrogens is 250 g/mol. The van der Waals surface area contributed by atoms with Gasteiger partial charge in [-0.2, -0.15) is 0 Å². The van der Waals surface area contributed by atoms with E-state index in [1.807, 2.05) is 17.4 Å². The van der Waals surface area contributed by atoms with E-state index < -0.39 is 0 Å². The minimum absolute atomic E-state index is 0.705. The highest BCUT2D eigenvalue weighted by Gasteiger charge is 2.17. The lowest BCUT2D eigenvalue weighted by atomic mass is 10.1. The van der Waals surface area contributed by atoms with Gasteiger partial charge in [0.05, 0.1) is 0 Å². The van der Waals surface area contributed by atoms with Gasteiger partial charge in [-0.3, -0.25) is 4.90 Å². The molecule has 0 radical (unpaired) electrons. The van der Waals surface area contributed by atoms with Gasteiger partial charge in [0.25, 0.3) is 0 Å². The smallest absolute Gasteiger partial charge is 0.0444 e. The highest BCUT2D eigenvalue weighted by Crippen LogP contribution is 2.25. The number of nitrogens with zero attached hydrogens (tertiary/aromatic N) is 1. The van der Waals surface area contributed by atoms with Crippen LogP contribution in [0.5, 0.6) is 0 Å². The average molecular weight is 266 g/mol. The van der Waals surface area contributed by atoms with Crippen molar-refractivity contribution >= 4 is 22.9 Å². The van der Waals surface area contributed by atoms with E-state index in [0.29, 0.717) is 5.03 Å². The van der Waals surface area contributed by atoms with Gasteiger partial charge in [0.1, 0.15) is 0 Å². The Balaban J connectivity index is 2.07. The summed E-state index contributed by atoms with van der Waals surface area (Å²) in [5, 5.41) is 2.88. The number of allylic oxidation sites excluding steroid dienone is 2. The quantitative estimate of drug-likeness (QED) is 0.745. The van der Waals surface area contributed by atoms with Crippen molar-refractivity contribution in [1.29, 1.82) is 0 Å². The lowest BCUT2D eigenvalue weighted by molar-refractivity contribution is 0.279. The first kappa shape index (κ1) is 12.6. The molecule has 0 aliphatic carbocycles. The van der Waals surface area contributed by atoms with E-state index in [1.54, 1.807) is 6.08 Å². The fraction of sp³-hybridized carbons (Fsp3) is 0.286. The molecule has 3 heteroatoms. The summed E-state index contributed by atoms with van der Waals surface area (Å²) in [5.41, 5.74) is 2.51. The Morgan fingerprint density at radius 3 is 3.00 bits per heavy atom. The fourth-order valence-corrected chi connectivity index (χ4v) is 3.08. The topological polar surface area (TPSA) is 3.24 Å². The van der Waals surface area contributed by atoms with Crippen LogP contribution < -0.4 is 0 Å². The van der Waals surface area contributed by atoms with Crippen molar-refractivity contribution in [2.45, 2.75) is 13.0 Å². The van der Waals surface area contributed by atoms with Crippen molar-refractivity contribution in [3.05, 3.63) is 57.8 Å². The third kappa shape index (κ3) is 2.89. The van der Waals surface area contributed by atoms with Gasteiger partial charge < -0.3 is 0 Å². The van der Waals surface area contributed by atoms with Crippen molar-refractivity contribution in [2.75, 3.05) is 13.1 Å². The molecule has 0 amide bonds. The Morgan fingerprint density at radius 2 is 2.29 bits per heavy atom. The Bertz CT molecular complexity index is 459. The molecule has 0 spiro atoms. The second-order valence-corrected chi connectivity index (χ2v) is 5.52. The Morgan fingerprint density at radius 1 is 1.47 bits per heavy atom. The minimum Gasteiger partial charge on any atom is -0.294 e. The highest BCUT2D eigenvalue weighted by molar-refractivity contribution is 7.10. The van der Waals surface area contributed by atoms with E-state index in [4.69, 9.17) is 11.6 Å². The van der Waals surface area contributed by atoms with Gasteiger partial charge in [-0.1, -0.05) is 36.9 Å². The maximum atomic E-state index is 6.10. The zero-order chi connectivity index (χ0) is 12.3. The summed E-state index contributed by atoms with van der Waals surface area (Å²) in [7, 11) is 0. The molecule has 0 N–H and O–H groups in total. The van der Waals surface area contributed by atoms with Crippen molar-refractivity contribution < 1.29 is 0 Å². The SMILES string of the molecule is C=C/C(Cl)=C(\C=C)CN1CCc2sccc2C1. The third-order valence-corrected chi connectivity index (χ3v) is 4.43. The predicted octanol–water partition coefficient (Wildman–Crippen LogP) is 3.97. The van der Waals surface area contributed by atoms with Crippen LogP contribution in [0.2, 0.25) is 0 Å². The third-order valence-electron chi connectivity index (χ3n) is 3.01. The number of rotatable bonds is 4. The number of hydrogen-bond donors (Lipinski definition) is 0. The molecule has 2 heterocycles. The molecule has 0 fully saturated rings. The first-order chi connectivity index (χ1) is 8.24.